The molecule has 1 rings (SSSR count). The number of carbonyl (C=O) groups excluding carboxylic acids is 1. The van der Waals surface area contributed by atoms with E-state index in [2.05, 4.69) is 45.3 Å². The SMILES string of the molecule is CC(C)C(=O)CCc1sccc1C(O[SiH](C)C)C(C)(C)C. The molecule has 4 heteroatoms. The van der Waals surface area contributed by atoms with Crippen LogP contribution in [-0.4, -0.2) is 14.8 Å². The lowest BCUT2D eigenvalue weighted by molar-refractivity contribution is -0.121. The van der Waals surface area contributed by atoms with E-state index in [0.717, 1.165) is 6.42 Å². The van der Waals surface area contributed by atoms with Gasteiger partial charge in [0, 0.05) is 17.2 Å². The zero-order chi connectivity index (χ0) is 16.2. The lowest BCUT2D eigenvalue weighted by atomic mass is 9.84. The molecule has 0 aromatic carbocycles. The van der Waals surface area contributed by atoms with E-state index in [1.807, 2.05) is 13.8 Å². The molecule has 0 fully saturated rings. The Morgan fingerprint density at radius 2 is 1.95 bits per heavy atom. The fraction of sp³-hybridized carbons (Fsp3) is 0.706. The van der Waals surface area contributed by atoms with E-state index in [-0.39, 0.29) is 17.4 Å². The Balaban J connectivity index is 2.91. The molecule has 0 aliphatic carbocycles. The maximum atomic E-state index is 11.9. The van der Waals surface area contributed by atoms with Crippen LogP contribution in [-0.2, 0) is 15.6 Å². The molecular formula is C17H30O2SSi. The molecule has 1 atom stereocenters. The first kappa shape index (κ1) is 18.6. The van der Waals surface area contributed by atoms with Gasteiger partial charge in [-0.15, -0.1) is 11.3 Å². The minimum Gasteiger partial charge on any atom is -0.413 e. The molecule has 1 unspecified atom stereocenters. The summed E-state index contributed by atoms with van der Waals surface area (Å²) in [5.41, 5.74) is 1.38. The van der Waals surface area contributed by atoms with Crippen LogP contribution in [0.4, 0.5) is 0 Å². The number of hydrogen-bond donors (Lipinski definition) is 0. The summed E-state index contributed by atoms with van der Waals surface area (Å²) in [6, 6.07) is 2.19. The number of rotatable bonds is 7. The molecule has 0 aliphatic heterocycles. The molecule has 1 heterocycles. The van der Waals surface area contributed by atoms with Crippen molar-refractivity contribution in [2.45, 2.75) is 66.7 Å². The molecule has 0 saturated carbocycles. The summed E-state index contributed by atoms with van der Waals surface area (Å²) in [6.45, 7) is 15.1. The van der Waals surface area contributed by atoms with E-state index >= 15 is 0 Å². The zero-order valence-electron chi connectivity index (χ0n) is 14.5. The van der Waals surface area contributed by atoms with E-state index < -0.39 is 9.04 Å². The van der Waals surface area contributed by atoms with Gasteiger partial charge in [0.05, 0.1) is 6.10 Å². The minimum absolute atomic E-state index is 0.0785. The lowest BCUT2D eigenvalue weighted by Crippen LogP contribution is -2.26. The Morgan fingerprint density at radius 3 is 2.43 bits per heavy atom. The molecule has 0 bridgehead atoms. The summed E-state index contributed by atoms with van der Waals surface area (Å²) in [5, 5.41) is 2.13. The Labute approximate surface area is 135 Å². The van der Waals surface area contributed by atoms with Crippen molar-refractivity contribution in [3.63, 3.8) is 0 Å². The summed E-state index contributed by atoms with van der Waals surface area (Å²) in [7, 11) is -1.11. The first-order valence-electron chi connectivity index (χ1n) is 7.87. The van der Waals surface area contributed by atoms with E-state index in [9.17, 15) is 4.79 Å². The van der Waals surface area contributed by atoms with Gasteiger partial charge in [0.2, 0.25) is 0 Å². The third kappa shape index (κ3) is 5.68. The van der Waals surface area contributed by atoms with Gasteiger partial charge in [-0.25, -0.2) is 0 Å². The van der Waals surface area contributed by atoms with Crippen molar-refractivity contribution in [2.75, 3.05) is 0 Å². The number of carbonyl (C=O) groups is 1. The van der Waals surface area contributed by atoms with E-state index in [1.165, 1.54) is 10.4 Å². The van der Waals surface area contributed by atoms with Crippen molar-refractivity contribution >= 4 is 26.2 Å². The largest absolute Gasteiger partial charge is 0.413 e. The normalized spacial score (nSPS) is 14.0. The second-order valence-electron chi connectivity index (χ2n) is 7.35. The van der Waals surface area contributed by atoms with Gasteiger partial charge in [-0.1, -0.05) is 34.6 Å². The third-order valence-electron chi connectivity index (χ3n) is 3.50. The maximum Gasteiger partial charge on any atom is 0.171 e. The molecule has 2 nitrogen and oxygen atoms in total. The number of thiophene rings is 1. The van der Waals surface area contributed by atoms with Crippen LogP contribution in [0, 0.1) is 11.3 Å². The van der Waals surface area contributed by atoms with Crippen molar-refractivity contribution < 1.29 is 9.22 Å². The highest BCUT2D eigenvalue weighted by molar-refractivity contribution is 7.10. The van der Waals surface area contributed by atoms with Crippen molar-refractivity contribution in [3.05, 3.63) is 21.9 Å². The number of hydrogen-bond acceptors (Lipinski definition) is 3. The van der Waals surface area contributed by atoms with E-state index in [1.54, 1.807) is 11.3 Å². The second-order valence-corrected chi connectivity index (χ2v) is 10.7. The molecule has 1 aromatic rings. The summed E-state index contributed by atoms with van der Waals surface area (Å²) >= 11 is 1.76. The molecule has 0 spiro atoms. The smallest absolute Gasteiger partial charge is 0.171 e. The van der Waals surface area contributed by atoms with Gasteiger partial charge in [0.25, 0.3) is 0 Å². The highest BCUT2D eigenvalue weighted by atomic mass is 32.1. The van der Waals surface area contributed by atoms with E-state index in [4.69, 9.17) is 4.43 Å². The second kappa shape index (κ2) is 7.70. The predicted molar refractivity (Wildman–Crippen MR) is 94.6 cm³/mol. The zero-order valence-corrected chi connectivity index (χ0v) is 16.5. The molecule has 0 radical (unpaired) electrons. The third-order valence-corrected chi connectivity index (χ3v) is 5.31. The van der Waals surface area contributed by atoms with Crippen molar-refractivity contribution in [1.82, 2.24) is 0 Å². The van der Waals surface area contributed by atoms with Crippen LogP contribution in [0.15, 0.2) is 11.4 Å². The summed E-state index contributed by atoms with van der Waals surface area (Å²) in [6.07, 6.45) is 1.63. The number of Topliss-reactive ketones (excluding diaryl/α,β-unsaturated/α-hetero) is 1. The average molecular weight is 327 g/mol. The Morgan fingerprint density at radius 1 is 1.33 bits per heavy atom. The lowest BCUT2D eigenvalue weighted by Gasteiger charge is -2.33. The summed E-state index contributed by atoms with van der Waals surface area (Å²) < 4.78 is 6.31. The van der Waals surface area contributed by atoms with Crippen LogP contribution in [0.2, 0.25) is 13.1 Å². The quantitative estimate of drug-likeness (QED) is 0.660. The molecule has 1 aromatic heterocycles. The van der Waals surface area contributed by atoms with Crippen molar-refractivity contribution in [3.8, 4) is 0 Å². The molecular weight excluding hydrogens is 296 g/mol. The highest BCUT2D eigenvalue weighted by Gasteiger charge is 2.30. The number of ketones is 1. The topological polar surface area (TPSA) is 26.3 Å². The average Bonchev–Trinajstić information content (AvgIpc) is 2.79. The Hall–Kier alpha value is -0.453. The number of aryl methyl sites for hydroxylation is 1. The molecule has 21 heavy (non-hydrogen) atoms. The molecule has 0 amide bonds. The van der Waals surface area contributed by atoms with Gasteiger partial charge in [-0.05, 0) is 41.9 Å². The summed E-state index contributed by atoms with van der Waals surface area (Å²) in [4.78, 5) is 13.2. The maximum absolute atomic E-state index is 11.9. The predicted octanol–water partition coefficient (Wildman–Crippen LogP) is 4.99. The fourth-order valence-corrected chi connectivity index (χ4v) is 4.34. The standard InChI is InChI=1S/C17H30O2SSi/c1-12(2)14(18)8-9-15-13(10-11-20-15)16(17(3,4)5)19-21(6)7/h10-12,16,21H,8-9H2,1-7H3. The minimum atomic E-state index is -1.11. The van der Waals surface area contributed by atoms with Gasteiger partial charge < -0.3 is 4.43 Å². The van der Waals surface area contributed by atoms with Crippen LogP contribution < -0.4 is 0 Å². The van der Waals surface area contributed by atoms with Gasteiger partial charge in [-0.2, -0.15) is 0 Å². The first-order valence-corrected chi connectivity index (χ1v) is 11.5. The Bertz CT molecular complexity index is 458. The highest BCUT2D eigenvalue weighted by Crippen LogP contribution is 2.40. The Kier molecular flexibility index (Phi) is 6.82. The monoisotopic (exact) mass is 326 g/mol. The van der Waals surface area contributed by atoms with Gasteiger partial charge >= 0.3 is 0 Å². The van der Waals surface area contributed by atoms with Gasteiger partial charge in [-0.3, -0.25) is 4.79 Å². The fourth-order valence-electron chi connectivity index (χ4n) is 2.33. The molecule has 0 N–H and O–H groups in total. The van der Waals surface area contributed by atoms with E-state index in [0.29, 0.717) is 12.2 Å². The summed E-state index contributed by atoms with van der Waals surface area (Å²) in [5.74, 6) is 0.479. The molecule has 0 saturated heterocycles. The van der Waals surface area contributed by atoms with Crippen LogP contribution >= 0.6 is 11.3 Å². The van der Waals surface area contributed by atoms with Crippen LogP contribution in [0.25, 0.3) is 0 Å². The first-order chi connectivity index (χ1) is 9.62. The molecule has 120 valence electrons. The van der Waals surface area contributed by atoms with Crippen LogP contribution in [0.5, 0.6) is 0 Å². The van der Waals surface area contributed by atoms with Crippen LogP contribution in [0.3, 0.4) is 0 Å². The molecule has 0 aliphatic rings. The van der Waals surface area contributed by atoms with Gasteiger partial charge in [0.1, 0.15) is 5.78 Å². The van der Waals surface area contributed by atoms with Crippen molar-refractivity contribution in [1.29, 1.82) is 0 Å². The van der Waals surface area contributed by atoms with Gasteiger partial charge in [0.15, 0.2) is 9.04 Å². The van der Waals surface area contributed by atoms with Crippen LogP contribution in [0.1, 0.15) is 57.6 Å². The van der Waals surface area contributed by atoms with Crippen molar-refractivity contribution in [2.24, 2.45) is 11.3 Å².